The van der Waals surface area contributed by atoms with Crippen LogP contribution in [-0.2, 0) is 9.47 Å². The molecule has 1 heterocycles. The van der Waals surface area contributed by atoms with Gasteiger partial charge >= 0.3 is 0 Å². The van der Waals surface area contributed by atoms with Crippen LogP contribution in [0.15, 0.2) is 89.4 Å². The smallest absolute Gasteiger partial charge is 0.112 e. The van der Waals surface area contributed by atoms with Gasteiger partial charge in [0.2, 0.25) is 0 Å². The first-order chi connectivity index (χ1) is 12.3. The molecule has 1 fully saturated rings. The van der Waals surface area contributed by atoms with Crippen LogP contribution in [0.2, 0.25) is 0 Å². The molecule has 2 atom stereocenters. The zero-order chi connectivity index (χ0) is 17.1. The van der Waals surface area contributed by atoms with Gasteiger partial charge in [0.15, 0.2) is 0 Å². The Hall–Kier alpha value is -1.94. The third-order valence-electron chi connectivity index (χ3n) is 4.41. The van der Waals surface area contributed by atoms with E-state index in [-0.39, 0.29) is 18.3 Å². The van der Waals surface area contributed by atoms with Gasteiger partial charge in [0, 0.05) is 4.47 Å². The molecule has 3 heteroatoms. The number of epoxide rings is 1. The molecule has 0 bridgehead atoms. The Bertz CT molecular complexity index is 763. The first-order valence-corrected chi connectivity index (χ1v) is 9.23. The van der Waals surface area contributed by atoms with E-state index >= 15 is 0 Å². The summed E-state index contributed by atoms with van der Waals surface area (Å²) in [5, 5.41) is 0. The molecule has 3 aromatic carbocycles. The van der Waals surface area contributed by atoms with Crippen molar-refractivity contribution in [3.05, 3.63) is 106 Å². The molecule has 0 spiro atoms. The Morgan fingerprint density at radius 1 is 0.800 bits per heavy atom. The van der Waals surface area contributed by atoms with Gasteiger partial charge in [-0.2, -0.15) is 0 Å². The molecule has 3 aromatic rings. The average molecular weight is 395 g/mol. The first kappa shape index (κ1) is 16.5. The minimum absolute atomic E-state index is 0.0721. The Kier molecular flexibility index (Phi) is 4.97. The second-order valence-corrected chi connectivity index (χ2v) is 7.10. The summed E-state index contributed by atoms with van der Waals surface area (Å²) in [7, 11) is 0. The standard InChI is InChI=1S/C22H19BrO2/c23-19-13-11-18(12-14-19)22-20(25-22)15-24-21(16-7-3-1-4-8-16)17-9-5-2-6-10-17/h1-14,20-22H,15H2/t20-,22+/m0/s1. The Morgan fingerprint density at radius 2 is 1.36 bits per heavy atom. The molecule has 1 aliphatic rings. The SMILES string of the molecule is Brc1ccc([C@H]2O[C@H]2COC(c2ccccc2)c2ccccc2)cc1. The van der Waals surface area contributed by atoms with Gasteiger partial charge in [0.05, 0.1) is 6.61 Å². The molecule has 126 valence electrons. The van der Waals surface area contributed by atoms with Gasteiger partial charge in [-0.3, -0.25) is 0 Å². The molecule has 0 unspecified atom stereocenters. The zero-order valence-electron chi connectivity index (χ0n) is 13.7. The van der Waals surface area contributed by atoms with E-state index in [1.165, 1.54) is 5.56 Å². The van der Waals surface area contributed by atoms with Crippen LogP contribution in [0.1, 0.15) is 28.9 Å². The third kappa shape index (κ3) is 4.01. The van der Waals surface area contributed by atoms with Crippen LogP contribution in [0.4, 0.5) is 0 Å². The van der Waals surface area contributed by atoms with Crippen LogP contribution in [0.25, 0.3) is 0 Å². The van der Waals surface area contributed by atoms with Gasteiger partial charge in [0.1, 0.15) is 18.3 Å². The molecule has 0 radical (unpaired) electrons. The van der Waals surface area contributed by atoms with E-state index in [2.05, 4.69) is 52.3 Å². The highest BCUT2D eigenvalue weighted by Gasteiger charge is 2.40. The molecule has 0 N–H and O–H groups in total. The minimum Gasteiger partial charge on any atom is -0.366 e. The van der Waals surface area contributed by atoms with Gasteiger partial charge in [0.25, 0.3) is 0 Å². The lowest BCUT2D eigenvalue weighted by Gasteiger charge is -2.18. The van der Waals surface area contributed by atoms with Crippen LogP contribution in [0.3, 0.4) is 0 Å². The van der Waals surface area contributed by atoms with Crippen LogP contribution in [0, 0.1) is 0 Å². The fraction of sp³-hybridized carbons (Fsp3) is 0.182. The number of hydrogen-bond donors (Lipinski definition) is 0. The van der Waals surface area contributed by atoms with Crippen molar-refractivity contribution < 1.29 is 9.47 Å². The van der Waals surface area contributed by atoms with Crippen molar-refractivity contribution in [3.8, 4) is 0 Å². The minimum atomic E-state index is -0.0721. The normalized spacial score (nSPS) is 19.1. The number of ether oxygens (including phenoxy) is 2. The van der Waals surface area contributed by atoms with E-state index in [1.807, 2.05) is 48.5 Å². The molecule has 4 rings (SSSR count). The van der Waals surface area contributed by atoms with Crippen molar-refractivity contribution >= 4 is 15.9 Å². The zero-order valence-corrected chi connectivity index (χ0v) is 15.3. The van der Waals surface area contributed by atoms with E-state index in [1.54, 1.807) is 0 Å². The van der Waals surface area contributed by atoms with Crippen molar-refractivity contribution in [1.29, 1.82) is 0 Å². The van der Waals surface area contributed by atoms with Gasteiger partial charge in [-0.1, -0.05) is 88.7 Å². The number of hydrogen-bond acceptors (Lipinski definition) is 2. The molecule has 0 aromatic heterocycles. The van der Waals surface area contributed by atoms with Crippen molar-refractivity contribution in [2.24, 2.45) is 0 Å². The second-order valence-electron chi connectivity index (χ2n) is 6.18. The monoisotopic (exact) mass is 394 g/mol. The van der Waals surface area contributed by atoms with Crippen LogP contribution < -0.4 is 0 Å². The molecule has 0 saturated carbocycles. The van der Waals surface area contributed by atoms with E-state index in [0.29, 0.717) is 6.61 Å². The molecule has 1 saturated heterocycles. The van der Waals surface area contributed by atoms with Crippen molar-refractivity contribution in [2.75, 3.05) is 6.61 Å². The highest BCUT2D eigenvalue weighted by molar-refractivity contribution is 9.10. The maximum absolute atomic E-state index is 6.28. The lowest BCUT2D eigenvalue weighted by atomic mass is 10.0. The van der Waals surface area contributed by atoms with E-state index in [4.69, 9.17) is 9.47 Å². The highest BCUT2D eigenvalue weighted by atomic mass is 79.9. The largest absolute Gasteiger partial charge is 0.366 e. The Morgan fingerprint density at radius 3 is 1.92 bits per heavy atom. The molecular weight excluding hydrogens is 376 g/mol. The average Bonchev–Trinajstić information content (AvgIpc) is 3.44. The topological polar surface area (TPSA) is 21.8 Å². The lowest BCUT2D eigenvalue weighted by molar-refractivity contribution is 0.0672. The molecule has 2 nitrogen and oxygen atoms in total. The summed E-state index contributed by atoms with van der Waals surface area (Å²) in [6.07, 6.45) is 0.188. The van der Waals surface area contributed by atoms with Gasteiger partial charge < -0.3 is 9.47 Å². The summed E-state index contributed by atoms with van der Waals surface area (Å²) in [5.41, 5.74) is 3.52. The quantitative estimate of drug-likeness (QED) is 0.500. The maximum atomic E-state index is 6.28. The third-order valence-corrected chi connectivity index (χ3v) is 4.94. The van der Waals surface area contributed by atoms with Crippen molar-refractivity contribution in [1.82, 2.24) is 0 Å². The molecule has 25 heavy (non-hydrogen) atoms. The number of benzene rings is 3. The predicted molar refractivity (Wildman–Crippen MR) is 102 cm³/mol. The Labute approximate surface area is 156 Å². The van der Waals surface area contributed by atoms with Gasteiger partial charge in [-0.25, -0.2) is 0 Å². The maximum Gasteiger partial charge on any atom is 0.112 e. The summed E-state index contributed by atoms with van der Waals surface area (Å²) >= 11 is 3.47. The fourth-order valence-electron chi connectivity index (χ4n) is 3.05. The first-order valence-electron chi connectivity index (χ1n) is 8.44. The number of rotatable bonds is 6. The number of halogens is 1. The molecule has 0 amide bonds. The van der Waals surface area contributed by atoms with E-state index in [9.17, 15) is 0 Å². The van der Waals surface area contributed by atoms with Crippen molar-refractivity contribution in [2.45, 2.75) is 18.3 Å². The fourth-order valence-corrected chi connectivity index (χ4v) is 3.31. The van der Waals surface area contributed by atoms with Gasteiger partial charge in [-0.05, 0) is 28.8 Å². The van der Waals surface area contributed by atoms with Gasteiger partial charge in [-0.15, -0.1) is 0 Å². The van der Waals surface area contributed by atoms with Crippen LogP contribution in [-0.4, -0.2) is 12.7 Å². The highest BCUT2D eigenvalue weighted by Crippen LogP contribution is 2.40. The summed E-state index contributed by atoms with van der Waals surface area (Å²) in [6, 6.07) is 29.0. The van der Waals surface area contributed by atoms with Crippen molar-refractivity contribution in [3.63, 3.8) is 0 Å². The summed E-state index contributed by atoms with van der Waals surface area (Å²) in [6.45, 7) is 0.579. The summed E-state index contributed by atoms with van der Waals surface area (Å²) in [5.74, 6) is 0. The lowest BCUT2D eigenvalue weighted by Crippen LogP contribution is -2.11. The van der Waals surface area contributed by atoms with Crippen LogP contribution >= 0.6 is 15.9 Å². The summed E-state index contributed by atoms with van der Waals surface area (Å²) in [4.78, 5) is 0. The molecule has 0 aliphatic carbocycles. The second kappa shape index (κ2) is 7.52. The molecular formula is C22H19BrO2. The van der Waals surface area contributed by atoms with E-state index < -0.39 is 0 Å². The Balaban J connectivity index is 1.45. The summed E-state index contributed by atoms with van der Waals surface area (Å²) < 4.78 is 13.2. The van der Waals surface area contributed by atoms with E-state index in [0.717, 1.165) is 15.6 Å². The van der Waals surface area contributed by atoms with Crippen LogP contribution in [0.5, 0.6) is 0 Å². The molecule has 1 aliphatic heterocycles. The predicted octanol–water partition coefficient (Wildman–Crippen LogP) is 5.70.